The van der Waals surface area contributed by atoms with Gasteiger partial charge in [-0.25, -0.2) is 0 Å². The van der Waals surface area contributed by atoms with Gasteiger partial charge < -0.3 is 9.84 Å². The average molecular weight is 343 g/mol. The fourth-order valence-electron chi connectivity index (χ4n) is 1.59. The van der Waals surface area contributed by atoms with E-state index in [0.717, 1.165) is 15.6 Å². The molecule has 0 fully saturated rings. The van der Waals surface area contributed by atoms with Crippen molar-refractivity contribution < 1.29 is 9.84 Å². The van der Waals surface area contributed by atoms with Crippen LogP contribution in [0.25, 0.3) is 0 Å². The van der Waals surface area contributed by atoms with Gasteiger partial charge in [0.1, 0.15) is 12.4 Å². The Morgan fingerprint density at radius 2 is 2.16 bits per heavy atom. The molecule has 0 aliphatic carbocycles. The third-order valence-electron chi connectivity index (χ3n) is 2.59. The standard InChI is InChI=1S/C14H13BrClNO2/c1-9(18)11-2-3-14(13(16)5-11)19-8-10-4-12(15)7-17-6-10/h2-7,9,18H,8H2,1H3/t9-/m0/s1. The van der Waals surface area contributed by atoms with Crippen LogP contribution in [0.15, 0.2) is 41.1 Å². The van der Waals surface area contributed by atoms with Gasteiger partial charge in [0, 0.05) is 22.4 Å². The summed E-state index contributed by atoms with van der Waals surface area (Å²) in [7, 11) is 0. The molecule has 1 N–H and O–H groups in total. The second kappa shape index (κ2) is 6.37. The van der Waals surface area contributed by atoms with Gasteiger partial charge in [-0.1, -0.05) is 17.7 Å². The second-order valence-electron chi connectivity index (χ2n) is 4.17. The number of aromatic nitrogens is 1. The van der Waals surface area contributed by atoms with Crippen LogP contribution >= 0.6 is 27.5 Å². The number of aliphatic hydroxyl groups is 1. The Kier molecular flexibility index (Phi) is 4.80. The molecule has 2 aromatic rings. The van der Waals surface area contributed by atoms with Gasteiger partial charge in [-0.15, -0.1) is 0 Å². The minimum absolute atomic E-state index is 0.389. The van der Waals surface area contributed by atoms with Crippen LogP contribution < -0.4 is 4.74 Å². The Morgan fingerprint density at radius 1 is 1.37 bits per heavy atom. The number of ether oxygens (including phenoxy) is 1. The lowest BCUT2D eigenvalue weighted by atomic mass is 10.1. The van der Waals surface area contributed by atoms with E-state index < -0.39 is 6.10 Å². The summed E-state index contributed by atoms with van der Waals surface area (Å²) < 4.78 is 6.54. The fourth-order valence-corrected chi connectivity index (χ4v) is 2.25. The van der Waals surface area contributed by atoms with Crippen LogP contribution in [-0.2, 0) is 6.61 Å². The molecule has 19 heavy (non-hydrogen) atoms. The van der Waals surface area contributed by atoms with Crippen molar-refractivity contribution >= 4 is 27.5 Å². The molecule has 0 amide bonds. The van der Waals surface area contributed by atoms with Gasteiger partial charge in [0.25, 0.3) is 0 Å². The van der Waals surface area contributed by atoms with Crippen LogP contribution in [0.2, 0.25) is 5.02 Å². The molecule has 0 aliphatic rings. The van der Waals surface area contributed by atoms with E-state index in [0.29, 0.717) is 17.4 Å². The highest BCUT2D eigenvalue weighted by atomic mass is 79.9. The van der Waals surface area contributed by atoms with Crippen molar-refractivity contribution in [3.8, 4) is 5.75 Å². The molecule has 0 radical (unpaired) electrons. The van der Waals surface area contributed by atoms with Crippen LogP contribution in [0, 0.1) is 0 Å². The molecule has 1 heterocycles. The predicted octanol–water partition coefficient (Wildman–Crippen LogP) is 4.13. The zero-order valence-electron chi connectivity index (χ0n) is 10.3. The summed E-state index contributed by atoms with van der Waals surface area (Å²) in [4.78, 5) is 4.06. The molecular weight excluding hydrogens is 330 g/mol. The maximum atomic E-state index is 9.46. The summed E-state index contributed by atoms with van der Waals surface area (Å²) in [6.07, 6.45) is 2.91. The quantitative estimate of drug-likeness (QED) is 0.908. The monoisotopic (exact) mass is 341 g/mol. The average Bonchev–Trinajstić information content (AvgIpc) is 2.37. The molecule has 0 spiro atoms. The molecule has 1 atom stereocenters. The lowest BCUT2D eigenvalue weighted by Gasteiger charge is -2.11. The first-order valence-corrected chi connectivity index (χ1v) is 6.93. The van der Waals surface area contributed by atoms with E-state index in [1.807, 2.05) is 6.07 Å². The third kappa shape index (κ3) is 3.93. The van der Waals surface area contributed by atoms with E-state index in [1.54, 1.807) is 37.5 Å². The van der Waals surface area contributed by atoms with Crippen LogP contribution in [0.4, 0.5) is 0 Å². The van der Waals surface area contributed by atoms with Crippen molar-refractivity contribution in [1.29, 1.82) is 0 Å². The first-order chi connectivity index (χ1) is 9.06. The first-order valence-electron chi connectivity index (χ1n) is 5.76. The summed E-state index contributed by atoms with van der Waals surface area (Å²) in [6.45, 7) is 2.08. The minimum Gasteiger partial charge on any atom is -0.487 e. The number of pyridine rings is 1. The lowest BCUT2D eigenvalue weighted by Crippen LogP contribution is -1.98. The molecule has 0 unspecified atom stereocenters. The Balaban J connectivity index is 2.07. The van der Waals surface area contributed by atoms with E-state index in [-0.39, 0.29) is 0 Å². The molecule has 1 aromatic carbocycles. The molecule has 5 heteroatoms. The van der Waals surface area contributed by atoms with Gasteiger partial charge in [0.05, 0.1) is 11.1 Å². The summed E-state index contributed by atoms with van der Waals surface area (Å²) in [6, 6.07) is 7.20. The van der Waals surface area contributed by atoms with Crippen molar-refractivity contribution in [2.45, 2.75) is 19.6 Å². The van der Waals surface area contributed by atoms with Crippen LogP contribution in [0.3, 0.4) is 0 Å². The van der Waals surface area contributed by atoms with Crippen LogP contribution in [-0.4, -0.2) is 10.1 Å². The van der Waals surface area contributed by atoms with Gasteiger partial charge in [0.2, 0.25) is 0 Å². The molecule has 2 rings (SSSR count). The van der Waals surface area contributed by atoms with Gasteiger partial charge in [-0.05, 0) is 46.6 Å². The van der Waals surface area contributed by atoms with Crippen molar-refractivity contribution in [3.63, 3.8) is 0 Å². The predicted molar refractivity (Wildman–Crippen MR) is 78.4 cm³/mol. The molecule has 0 bridgehead atoms. The van der Waals surface area contributed by atoms with Crippen molar-refractivity contribution in [3.05, 3.63) is 57.3 Å². The molecule has 1 aromatic heterocycles. The Bertz CT molecular complexity index is 575. The summed E-state index contributed by atoms with van der Waals surface area (Å²) >= 11 is 9.47. The topological polar surface area (TPSA) is 42.4 Å². The zero-order valence-corrected chi connectivity index (χ0v) is 12.6. The number of hydrogen-bond acceptors (Lipinski definition) is 3. The number of benzene rings is 1. The number of hydrogen-bond donors (Lipinski definition) is 1. The Hall–Kier alpha value is -1.10. The van der Waals surface area contributed by atoms with E-state index >= 15 is 0 Å². The number of nitrogens with zero attached hydrogens (tertiary/aromatic N) is 1. The smallest absolute Gasteiger partial charge is 0.138 e. The summed E-state index contributed by atoms with van der Waals surface area (Å²) in [5.74, 6) is 0.589. The molecule has 0 saturated heterocycles. The van der Waals surface area contributed by atoms with Gasteiger partial charge in [0.15, 0.2) is 0 Å². The van der Waals surface area contributed by atoms with Gasteiger partial charge in [-0.3, -0.25) is 4.98 Å². The minimum atomic E-state index is -0.541. The Labute approximate surface area is 125 Å². The van der Waals surface area contributed by atoms with Crippen molar-refractivity contribution in [1.82, 2.24) is 4.98 Å². The number of halogens is 2. The fraction of sp³-hybridized carbons (Fsp3) is 0.214. The highest BCUT2D eigenvalue weighted by molar-refractivity contribution is 9.10. The molecule has 100 valence electrons. The second-order valence-corrected chi connectivity index (χ2v) is 5.49. The maximum absolute atomic E-state index is 9.46. The van der Waals surface area contributed by atoms with Gasteiger partial charge >= 0.3 is 0 Å². The van der Waals surface area contributed by atoms with E-state index in [4.69, 9.17) is 16.3 Å². The third-order valence-corrected chi connectivity index (χ3v) is 3.32. The number of rotatable bonds is 4. The normalized spacial score (nSPS) is 12.2. The largest absolute Gasteiger partial charge is 0.487 e. The SMILES string of the molecule is C[C@H](O)c1ccc(OCc2cncc(Br)c2)c(Cl)c1. The molecule has 0 aliphatic heterocycles. The van der Waals surface area contributed by atoms with E-state index in [9.17, 15) is 5.11 Å². The van der Waals surface area contributed by atoms with Crippen molar-refractivity contribution in [2.75, 3.05) is 0 Å². The maximum Gasteiger partial charge on any atom is 0.138 e. The Morgan fingerprint density at radius 3 is 2.79 bits per heavy atom. The zero-order chi connectivity index (χ0) is 13.8. The molecule has 3 nitrogen and oxygen atoms in total. The first kappa shape index (κ1) is 14.3. The van der Waals surface area contributed by atoms with Crippen molar-refractivity contribution in [2.24, 2.45) is 0 Å². The van der Waals surface area contributed by atoms with E-state index in [1.165, 1.54) is 0 Å². The molecule has 0 saturated carbocycles. The highest BCUT2D eigenvalue weighted by Gasteiger charge is 2.07. The highest BCUT2D eigenvalue weighted by Crippen LogP contribution is 2.28. The number of aliphatic hydroxyl groups excluding tert-OH is 1. The van der Waals surface area contributed by atoms with Crippen LogP contribution in [0.1, 0.15) is 24.2 Å². The van der Waals surface area contributed by atoms with E-state index in [2.05, 4.69) is 20.9 Å². The summed E-state index contributed by atoms with van der Waals surface area (Å²) in [5, 5.41) is 9.95. The van der Waals surface area contributed by atoms with Crippen LogP contribution in [0.5, 0.6) is 5.75 Å². The summed E-state index contributed by atoms with van der Waals surface area (Å²) in [5.41, 5.74) is 1.71. The lowest BCUT2D eigenvalue weighted by molar-refractivity contribution is 0.199. The molecular formula is C14H13BrClNO2. The van der Waals surface area contributed by atoms with Gasteiger partial charge in [-0.2, -0.15) is 0 Å².